The van der Waals surface area contributed by atoms with E-state index in [1.165, 1.54) is 6.21 Å². The van der Waals surface area contributed by atoms with Crippen LogP contribution in [0.25, 0.3) is 16.6 Å². The number of hydrogen-bond donors (Lipinski definition) is 2. The number of pyridine rings is 3. The van der Waals surface area contributed by atoms with E-state index in [-0.39, 0.29) is 0 Å². The molecule has 2 N–H and O–H groups in total. The Labute approximate surface area is 150 Å². The third-order valence-electron chi connectivity index (χ3n) is 3.52. The van der Waals surface area contributed by atoms with Crippen LogP contribution in [0, 0.1) is 5.41 Å². The van der Waals surface area contributed by atoms with Crippen molar-refractivity contribution in [1.82, 2.24) is 20.3 Å². The molecule has 0 amide bonds. The Hall–Kier alpha value is -2.99. The first-order valence-electron chi connectivity index (χ1n) is 7.56. The third kappa shape index (κ3) is 4.10. The van der Waals surface area contributed by atoms with Crippen molar-refractivity contribution in [1.29, 1.82) is 5.41 Å². The van der Waals surface area contributed by atoms with Gasteiger partial charge in [-0.15, -0.1) is 0 Å². The Morgan fingerprint density at radius 3 is 2.92 bits per heavy atom. The van der Waals surface area contributed by atoms with Gasteiger partial charge in [0.1, 0.15) is 5.15 Å². The van der Waals surface area contributed by atoms with Crippen molar-refractivity contribution in [2.45, 2.75) is 6.54 Å². The number of allylic oxidation sites excluding steroid dienone is 1. The lowest BCUT2D eigenvalue weighted by atomic mass is 10.1. The minimum absolute atomic E-state index is 0.411. The minimum atomic E-state index is 0.411. The molecule has 0 aliphatic heterocycles. The predicted octanol–water partition coefficient (Wildman–Crippen LogP) is 3.47. The summed E-state index contributed by atoms with van der Waals surface area (Å²) in [5.74, 6) is 0.567. The van der Waals surface area contributed by atoms with Gasteiger partial charge in [0.15, 0.2) is 0 Å². The van der Waals surface area contributed by atoms with Crippen molar-refractivity contribution in [3.05, 3.63) is 65.2 Å². The van der Waals surface area contributed by atoms with Crippen molar-refractivity contribution in [3.63, 3.8) is 0 Å². The van der Waals surface area contributed by atoms with E-state index in [0.717, 1.165) is 16.8 Å². The highest BCUT2D eigenvalue weighted by Crippen LogP contribution is 2.18. The molecule has 7 heteroatoms. The van der Waals surface area contributed by atoms with Crippen molar-refractivity contribution < 1.29 is 4.74 Å². The van der Waals surface area contributed by atoms with Crippen LogP contribution in [-0.2, 0) is 6.54 Å². The maximum Gasteiger partial charge on any atom is 0.213 e. The van der Waals surface area contributed by atoms with E-state index in [9.17, 15) is 0 Å². The van der Waals surface area contributed by atoms with Crippen molar-refractivity contribution in [2.24, 2.45) is 0 Å². The van der Waals surface area contributed by atoms with E-state index < -0.39 is 0 Å². The molecular formula is C18H16ClN5O. The number of methoxy groups -OCH3 is 1. The fourth-order valence-electron chi connectivity index (χ4n) is 2.28. The number of nitrogens with one attached hydrogen (secondary N) is 2. The number of halogens is 1. The lowest BCUT2D eigenvalue weighted by Crippen LogP contribution is -2.08. The monoisotopic (exact) mass is 353 g/mol. The van der Waals surface area contributed by atoms with Gasteiger partial charge in [0, 0.05) is 35.8 Å². The molecule has 3 aromatic heterocycles. The SMILES string of the molecule is COc1cccc(CN/C=C(\C=N)c2cnc3ccc(Cl)nc3c2)n1. The number of fused-ring (bicyclic) bond motifs is 1. The smallest absolute Gasteiger partial charge is 0.213 e. The normalized spacial score (nSPS) is 11.4. The molecule has 0 fully saturated rings. The van der Waals surface area contributed by atoms with Gasteiger partial charge in [0.25, 0.3) is 0 Å². The quantitative estimate of drug-likeness (QED) is 0.523. The van der Waals surface area contributed by atoms with Crippen LogP contribution in [0.4, 0.5) is 0 Å². The van der Waals surface area contributed by atoms with Crippen molar-refractivity contribution in [3.8, 4) is 5.88 Å². The standard InChI is InChI=1S/C18H16ClN5O/c1-25-18-4-2-3-14(23-18)11-21-9-13(8-20)12-7-16-15(22-10-12)5-6-17(19)24-16/h2-10,20-21H,11H2,1H3/b13-9+,20-8?. The van der Waals surface area contributed by atoms with Crippen LogP contribution in [0.5, 0.6) is 5.88 Å². The zero-order valence-electron chi connectivity index (χ0n) is 13.5. The lowest BCUT2D eigenvalue weighted by molar-refractivity contribution is 0.396. The van der Waals surface area contributed by atoms with Crippen molar-refractivity contribution >= 4 is 34.4 Å². The molecule has 3 rings (SSSR count). The van der Waals surface area contributed by atoms with E-state index in [0.29, 0.717) is 28.7 Å². The third-order valence-corrected chi connectivity index (χ3v) is 3.73. The molecule has 0 atom stereocenters. The topological polar surface area (TPSA) is 83.8 Å². The summed E-state index contributed by atoms with van der Waals surface area (Å²) in [6.07, 6.45) is 4.72. The van der Waals surface area contributed by atoms with E-state index in [1.54, 1.807) is 31.6 Å². The zero-order chi connectivity index (χ0) is 17.6. The van der Waals surface area contributed by atoms with Gasteiger partial charge in [-0.25, -0.2) is 9.97 Å². The van der Waals surface area contributed by atoms with Crippen LogP contribution in [-0.4, -0.2) is 28.3 Å². The number of aromatic nitrogens is 3. The van der Waals surface area contributed by atoms with Crippen LogP contribution < -0.4 is 10.1 Å². The van der Waals surface area contributed by atoms with Gasteiger partial charge >= 0.3 is 0 Å². The highest BCUT2D eigenvalue weighted by molar-refractivity contribution is 6.29. The number of rotatable bonds is 6. The van der Waals surface area contributed by atoms with Gasteiger partial charge in [-0.3, -0.25) is 4.98 Å². The van der Waals surface area contributed by atoms with E-state index in [4.69, 9.17) is 21.7 Å². The van der Waals surface area contributed by atoms with Crippen LogP contribution in [0.3, 0.4) is 0 Å². The summed E-state index contributed by atoms with van der Waals surface area (Å²) in [7, 11) is 1.58. The maximum atomic E-state index is 7.65. The molecule has 0 spiro atoms. The molecule has 0 saturated heterocycles. The van der Waals surface area contributed by atoms with Gasteiger partial charge < -0.3 is 15.5 Å². The molecule has 3 heterocycles. The van der Waals surface area contributed by atoms with Crippen LogP contribution >= 0.6 is 11.6 Å². The summed E-state index contributed by atoms with van der Waals surface area (Å²) in [5, 5.41) is 11.2. The molecule has 0 aliphatic rings. The highest BCUT2D eigenvalue weighted by atomic mass is 35.5. The molecule has 0 unspecified atom stereocenters. The van der Waals surface area contributed by atoms with Gasteiger partial charge in [-0.05, 0) is 24.3 Å². The molecular weight excluding hydrogens is 338 g/mol. The first kappa shape index (κ1) is 16.9. The second-order valence-electron chi connectivity index (χ2n) is 5.19. The first-order chi connectivity index (χ1) is 12.2. The van der Waals surface area contributed by atoms with Crippen LogP contribution in [0.1, 0.15) is 11.3 Å². The number of hydrogen-bond acceptors (Lipinski definition) is 6. The number of nitrogens with zero attached hydrogens (tertiary/aromatic N) is 3. The minimum Gasteiger partial charge on any atom is -0.481 e. The van der Waals surface area contributed by atoms with E-state index >= 15 is 0 Å². The summed E-state index contributed by atoms with van der Waals surface area (Å²) in [5.41, 5.74) is 3.74. The Kier molecular flexibility index (Phi) is 5.20. The average molecular weight is 354 g/mol. The van der Waals surface area contributed by atoms with Gasteiger partial charge in [0.05, 0.1) is 30.4 Å². The summed E-state index contributed by atoms with van der Waals surface area (Å²) < 4.78 is 5.11. The van der Waals surface area contributed by atoms with Gasteiger partial charge in [0.2, 0.25) is 5.88 Å². The Morgan fingerprint density at radius 1 is 1.24 bits per heavy atom. The summed E-state index contributed by atoms with van der Waals surface area (Å²) >= 11 is 5.93. The zero-order valence-corrected chi connectivity index (χ0v) is 14.3. The maximum absolute atomic E-state index is 7.65. The second kappa shape index (κ2) is 7.72. The molecule has 126 valence electrons. The molecule has 0 radical (unpaired) electrons. The molecule has 0 saturated carbocycles. The Bertz CT molecular complexity index is 942. The highest BCUT2D eigenvalue weighted by Gasteiger charge is 2.04. The van der Waals surface area contributed by atoms with Gasteiger partial charge in [-0.1, -0.05) is 17.7 Å². The average Bonchev–Trinajstić information content (AvgIpc) is 2.65. The molecule has 25 heavy (non-hydrogen) atoms. The second-order valence-corrected chi connectivity index (χ2v) is 5.58. The van der Waals surface area contributed by atoms with Crippen LogP contribution in [0.2, 0.25) is 5.15 Å². The molecule has 3 aromatic rings. The summed E-state index contributed by atoms with van der Waals surface area (Å²) in [4.78, 5) is 12.9. The fourth-order valence-corrected chi connectivity index (χ4v) is 2.44. The largest absolute Gasteiger partial charge is 0.481 e. The summed E-state index contributed by atoms with van der Waals surface area (Å²) in [6.45, 7) is 0.514. The molecule has 0 aromatic carbocycles. The molecule has 0 aliphatic carbocycles. The van der Waals surface area contributed by atoms with E-state index in [1.807, 2.05) is 24.3 Å². The number of ether oxygens (including phenoxy) is 1. The summed E-state index contributed by atoms with van der Waals surface area (Å²) in [6, 6.07) is 10.9. The van der Waals surface area contributed by atoms with Crippen LogP contribution in [0.15, 0.2) is 48.8 Å². The first-order valence-corrected chi connectivity index (χ1v) is 7.94. The van der Waals surface area contributed by atoms with E-state index in [2.05, 4.69) is 20.3 Å². The Morgan fingerprint density at radius 2 is 2.12 bits per heavy atom. The fraction of sp³-hybridized carbons (Fsp3) is 0.111. The Balaban J connectivity index is 1.79. The molecule has 6 nitrogen and oxygen atoms in total. The van der Waals surface area contributed by atoms with Crippen molar-refractivity contribution in [2.75, 3.05) is 7.11 Å². The van der Waals surface area contributed by atoms with Gasteiger partial charge in [-0.2, -0.15) is 0 Å². The predicted molar refractivity (Wildman–Crippen MR) is 98.9 cm³/mol. The molecule has 0 bridgehead atoms. The lowest BCUT2D eigenvalue weighted by Gasteiger charge is -2.06.